The fraction of sp³-hybridized carbons (Fsp3) is 0.462. The molecule has 1 heterocycles. The van der Waals surface area contributed by atoms with Crippen molar-refractivity contribution >= 4 is 17.0 Å². The number of carbonyl (C=O) groups is 1. The second-order valence-electron chi connectivity index (χ2n) is 9.32. The Labute approximate surface area is 206 Å². The minimum absolute atomic E-state index is 0. The number of ether oxygens (including phenoxy) is 1. The fourth-order valence-corrected chi connectivity index (χ4v) is 5.08. The molecule has 0 aliphatic heterocycles. The number of carbonyl (C=O) groups excluding carboxylic acids is 1. The first-order valence-corrected chi connectivity index (χ1v) is 11.3. The number of fused-ring (bicyclic) bond motifs is 1. The van der Waals surface area contributed by atoms with E-state index in [2.05, 4.69) is 25.3 Å². The topological polar surface area (TPSA) is 35.1 Å². The maximum atomic E-state index is 13.5. The first-order chi connectivity index (χ1) is 14.8. The minimum atomic E-state index is -0.278. The highest BCUT2D eigenvalue weighted by Gasteiger charge is 2.34. The lowest BCUT2D eigenvalue weighted by atomic mass is 9.75. The van der Waals surface area contributed by atoms with Gasteiger partial charge in [-0.15, -0.1) is 0 Å². The number of esters is 1. The van der Waals surface area contributed by atoms with Crippen molar-refractivity contribution in [3.63, 3.8) is 0 Å². The van der Waals surface area contributed by atoms with Crippen LogP contribution in [0.1, 0.15) is 40.0 Å². The lowest BCUT2D eigenvalue weighted by Gasteiger charge is -2.36. The van der Waals surface area contributed by atoms with Gasteiger partial charge in [0.25, 0.3) is 5.82 Å². The Morgan fingerprint density at radius 3 is 2.53 bits per heavy atom. The Morgan fingerprint density at radius 1 is 1.16 bits per heavy atom. The van der Waals surface area contributed by atoms with Crippen LogP contribution in [0.25, 0.3) is 22.4 Å². The average Bonchev–Trinajstić information content (AvgIpc) is 3.00. The highest BCUT2D eigenvalue weighted by molar-refractivity contribution is 5.79. The normalized spacial score (nSPS) is 20.9. The molecule has 0 N–H and O–H groups in total. The van der Waals surface area contributed by atoms with Crippen molar-refractivity contribution in [1.82, 2.24) is 4.57 Å². The molecule has 0 bridgehead atoms. The second-order valence-corrected chi connectivity index (χ2v) is 9.32. The summed E-state index contributed by atoms with van der Waals surface area (Å²) in [7, 11) is 1.97. The molecule has 6 heteroatoms. The van der Waals surface area contributed by atoms with Crippen LogP contribution in [0.3, 0.4) is 0 Å². The molecule has 4 nitrogen and oxygen atoms in total. The molecule has 1 aromatic heterocycles. The largest absolute Gasteiger partial charge is 1.00 e. The number of aryl methyl sites for hydroxylation is 1. The number of aromatic nitrogens is 2. The highest BCUT2D eigenvalue weighted by Crippen LogP contribution is 2.35. The zero-order valence-electron chi connectivity index (χ0n) is 19.2. The van der Waals surface area contributed by atoms with E-state index >= 15 is 0 Å². The quantitative estimate of drug-likeness (QED) is 0.278. The van der Waals surface area contributed by atoms with Gasteiger partial charge in [0.15, 0.2) is 17.6 Å². The maximum absolute atomic E-state index is 13.5. The Hall–Kier alpha value is -1.96. The number of para-hydroxylation sites is 2. The highest BCUT2D eigenvalue weighted by atomic mass is 127. The van der Waals surface area contributed by atoms with Gasteiger partial charge >= 0.3 is 5.97 Å². The number of rotatable bonds is 5. The average molecular weight is 550 g/mol. The molecule has 1 aliphatic carbocycles. The summed E-state index contributed by atoms with van der Waals surface area (Å²) in [6.45, 7) is 6.80. The summed E-state index contributed by atoms with van der Waals surface area (Å²) >= 11 is 0. The van der Waals surface area contributed by atoms with E-state index in [9.17, 15) is 9.18 Å². The van der Waals surface area contributed by atoms with Crippen molar-refractivity contribution in [2.75, 3.05) is 0 Å². The molecule has 0 unspecified atom stereocenters. The van der Waals surface area contributed by atoms with Crippen LogP contribution in [0, 0.1) is 23.6 Å². The predicted octanol–water partition coefficient (Wildman–Crippen LogP) is 2.28. The summed E-state index contributed by atoms with van der Waals surface area (Å²) in [5.74, 6) is 1.84. The van der Waals surface area contributed by atoms with Crippen LogP contribution in [-0.4, -0.2) is 16.6 Å². The SMILES string of the molecule is CC(C)[C@@H]1CC[C@@H](C)C[C@H]1OC(=O)Cn1c(-c2ccc(F)cc2)[n+](C)c2ccccc21.[I-]. The molecule has 0 radical (unpaired) electrons. The Morgan fingerprint density at radius 2 is 1.84 bits per heavy atom. The van der Waals surface area contributed by atoms with Crippen LogP contribution in [-0.2, 0) is 23.1 Å². The van der Waals surface area contributed by atoms with E-state index in [-0.39, 0.29) is 48.4 Å². The number of hydrogen-bond acceptors (Lipinski definition) is 2. The molecule has 0 spiro atoms. The van der Waals surface area contributed by atoms with E-state index in [1.165, 1.54) is 18.6 Å². The zero-order valence-corrected chi connectivity index (χ0v) is 21.4. The summed E-state index contributed by atoms with van der Waals surface area (Å²) in [6, 6.07) is 14.4. The van der Waals surface area contributed by atoms with E-state index in [1.807, 2.05) is 35.9 Å². The van der Waals surface area contributed by atoms with Gasteiger partial charge in [0.2, 0.25) is 0 Å². The lowest BCUT2D eigenvalue weighted by molar-refractivity contribution is -0.634. The molecule has 4 rings (SSSR count). The molecule has 1 fully saturated rings. The van der Waals surface area contributed by atoms with Gasteiger partial charge in [0.05, 0.1) is 12.6 Å². The molecule has 32 heavy (non-hydrogen) atoms. The first kappa shape index (κ1) is 24.7. The third-order valence-corrected chi connectivity index (χ3v) is 6.74. The van der Waals surface area contributed by atoms with Gasteiger partial charge in [-0.1, -0.05) is 39.3 Å². The Balaban J connectivity index is 0.00000289. The summed E-state index contributed by atoms with van der Waals surface area (Å²) < 4.78 is 23.6. The third-order valence-electron chi connectivity index (χ3n) is 6.74. The molecule has 3 aromatic rings. The molecule has 3 atom stereocenters. The fourth-order valence-electron chi connectivity index (χ4n) is 5.08. The standard InChI is InChI=1S/C26H32FN2O2.HI/c1-17(2)21-14-9-18(3)15-24(21)31-25(30)16-29-23-8-6-5-7-22(23)28(4)26(29)19-10-12-20(27)13-11-19;/h5-8,10-13,17-18,21,24H,9,14-16H2,1-4H3;1H/q+1;/p-1/t18-,21+,24-;/m1./s1. The van der Waals surface area contributed by atoms with Crippen molar-refractivity contribution in [1.29, 1.82) is 0 Å². The van der Waals surface area contributed by atoms with E-state index < -0.39 is 0 Å². The van der Waals surface area contributed by atoms with Crippen molar-refractivity contribution in [3.8, 4) is 11.4 Å². The van der Waals surface area contributed by atoms with Gasteiger partial charge in [-0.3, -0.25) is 0 Å². The van der Waals surface area contributed by atoms with Gasteiger partial charge in [0.1, 0.15) is 11.9 Å². The molecule has 1 saturated carbocycles. The Kier molecular flexibility index (Phi) is 7.96. The Bertz CT molecular complexity index is 1080. The molecule has 172 valence electrons. The van der Waals surface area contributed by atoms with Gasteiger partial charge in [-0.25, -0.2) is 18.3 Å². The smallest absolute Gasteiger partial charge is 0.348 e. The van der Waals surface area contributed by atoms with E-state index in [1.54, 1.807) is 12.1 Å². The molecular formula is C26H32FIN2O2. The summed E-state index contributed by atoms with van der Waals surface area (Å²) in [6.07, 6.45) is 3.21. The molecule has 2 aromatic carbocycles. The molecule has 0 saturated heterocycles. The zero-order chi connectivity index (χ0) is 22.1. The van der Waals surface area contributed by atoms with E-state index in [4.69, 9.17) is 4.74 Å². The van der Waals surface area contributed by atoms with Crippen molar-refractivity contribution in [2.45, 2.75) is 52.7 Å². The van der Waals surface area contributed by atoms with E-state index in [0.717, 1.165) is 35.3 Å². The number of imidazole rings is 1. The van der Waals surface area contributed by atoms with Gasteiger partial charge in [0, 0.05) is 0 Å². The molecule has 0 amide bonds. The van der Waals surface area contributed by atoms with Crippen molar-refractivity contribution < 1.29 is 42.5 Å². The number of nitrogens with zero attached hydrogens (tertiary/aromatic N) is 2. The monoisotopic (exact) mass is 550 g/mol. The van der Waals surface area contributed by atoms with Crippen molar-refractivity contribution in [3.05, 3.63) is 54.3 Å². The van der Waals surface area contributed by atoms with Crippen LogP contribution < -0.4 is 28.5 Å². The van der Waals surface area contributed by atoms with E-state index in [0.29, 0.717) is 17.8 Å². The van der Waals surface area contributed by atoms with Gasteiger partial charge in [-0.05, 0) is 67.0 Å². The number of hydrogen-bond donors (Lipinski definition) is 0. The van der Waals surface area contributed by atoms with Crippen LogP contribution in [0.4, 0.5) is 4.39 Å². The summed E-state index contributed by atoms with van der Waals surface area (Å²) in [5.41, 5.74) is 2.83. The van der Waals surface area contributed by atoms with Gasteiger partial charge < -0.3 is 28.7 Å². The van der Waals surface area contributed by atoms with Crippen LogP contribution in [0.15, 0.2) is 48.5 Å². The van der Waals surface area contributed by atoms with Crippen molar-refractivity contribution in [2.24, 2.45) is 24.8 Å². The minimum Gasteiger partial charge on any atom is -1.00 e. The third kappa shape index (κ3) is 5.00. The van der Waals surface area contributed by atoms with Gasteiger partial charge in [-0.2, -0.15) is 0 Å². The number of benzene rings is 2. The van der Waals surface area contributed by atoms with Crippen LogP contribution >= 0.6 is 0 Å². The summed E-state index contributed by atoms with van der Waals surface area (Å²) in [4.78, 5) is 13.1. The van der Waals surface area contributed by atoms with Crippen LogP contribution in [0.2, 0.25) is 0 Å². The molecule has 1 aliphatic rings. The number of halogens is 2. The summed E-state index contributed by atoms with van der Waals surface area (Å²) in [5, 5.41) is 0. The predicted molar refractivity (Wildman–Crippen MR) is 120 cm³/mol. The second kappa shape index (κ2) is 10.3. The van der Waals surface area contributed by atoms with Crippen LogP contribution in [0.5, 0.6) is 0 Å². The maximum Gasteiger partial charge on any atom is 0.348 e. The lowest BCUT2D eigenvalue weighted by Crippen LogP contribution is -3.00. The first-order valence-electron chi connectivity index (χ1n) is 11.3. The molecular weight excluding hydrogens is 518 g/mol.